The Hall–Kier alpha value is -3.41. The van der Waals surface area contributed by atoms with Crippen LogP contribution in [0.3, 0.4) is 0 Å². The fourth-order valence-corrected chi connectivity index (χ4v) is 7.09. The van der Waals surface area contributed by atoms with E-state index in [0.29, 0.717) is 19.3 Å². The van der Waals surface area contributed by atoms with Crippen LogP contribution in [0, 0.1) is 0 Å². The van der Waals surface area contributed by atoms with Crippen molar-refractivity contribution in [1.29, 1.82) is 0 Å². The molecule has 366 valence electrons. The highest BCUT2D eigenvalue weighted by Crippen LogP contribution is 2.14. The molecule has 0 aliphatic carbocycles. The van der Waals surface area contributed by atoms with Crippen LogP contribution < -0.4 is 0 Å². The van der Waals surface area contributed by atoms with Gasteiger partial charge in [-0.2, -0.15) is 0 Å². The van der Waals surface area contributed by atoms with Crippen molar-refractivity contribution in [2.24, 2.45) is 0 Å². The van der Waals surface area contributed by atoms with Crippen LogP contribution in [0.25, 0.3) is 0 Å². The summed E-state index contributed by atoms with van der Waals surface area (Å²) in [5, 5.41) is 0. The van der Waals surface area contributed by atoms with Gasteiger partial charge in [-0.3, -0.25) is 14.4 Å². The SMILES string of the molecule is CC/C=C\C/C=C\C/C=C\C/C=C\CCCCCCCCC(=O)OCC(COC(=O)CCCCCCC/C=C\CCCCCC)OC(=O)CCCCCCC/C=C\C/C=C\CCCC. The Kier molecular flexibility index (Phi) is 49.4. The highest BCUT2D eigenvalue weighted by atomic mass is 16.6. The Morgan fingerprint density at radius 1 is 0.328 bits per heavy atom. The highest BCUT2D eigenvalue weighted by Gasteiger charge is 2.19. The van der Waals surface area contributed by atoms with Crippen molar-refractivity contribution in [2.75, 3.05) is 13.2 Å². The van der Waals surface area contributed by atoms with E-state index in [0.717, 1.165) is 128 Å². The predicted octanol–water partition coefficient (Wildman–Crippen LogP) is 17.6. The van der Waals surface area contributed by atoms with Crippen LogP contribution in [-0.2, 0) is 28.6 Å². The zero-order valence-corrected chi connectivity index (χ0v) is 41.8. The Bertz CT molecular complexity index is 1250. The van der Waals surface area contributed by atoms with Crippen molar-refractivity contribution in [1.82, 2.24) is 0 Å². The summed E-state index contributed by atoms with van der Waals surface area (Å²) < 4.78 is 16.8. The lowest BCUT2D eigenvalue weighted by Gasteiger charge is -2.18. The second-order valence-electron chi connectivity index (χ2n) is 17.4. The minimum Gasteiger partial charge on any atom is -0.462 e. The first-order valence-corrected chi connectivity index (χ1v) is 26.6. The predicted molar refractivity (Wildman–Crippen MR) is 274 cm³/mol. The molecule has 0 saturated heterocycles. The summed E-state index contributed by atoms with van der Waals surface area (Å²) >= 11 is 0. The Morgan fingerprint density at radius 3 is 1.02 bits per heavy atom. The van der Waals surface area contributed by atoms with Crippen molar-refractivity contribution < 1.29 is 28.6 Å². The lowest BCUT2D eigenvalue weighted by atomic mass is 10.1. The Labute approximate surface area is 395 Å². The summed E-state index contributed by atoms with van der Waals surface area (Å²) in [7, 11) is 0. The van der Waals surface area contributed by atoms with Crippen LogP contribution in [-0.4, -0.2) is 37.2 Å². The number of ether oxygens (including phenoxy) is 3. The van der Waals surface area contributed by atoms with Crippen LogP contribution in [0.4, 0.5) is 0 Å². The first-order chi connectivity index (χ1) is 31.5. The lowest BCUT2D eigenvalue weighted by Crippen LogP contribution is -2.30. The minimum absolute atomic E-state index is 0.0917. The molecule has 0 aromatic carbocycles. The summed E-state index contributed by atoms with van der Waals surface area (Å²) in [5.41, 5.74) is 0. The van der Waals surface area contributed by atoms with Crippen molar-refractivity contribution in [3.8, 4) is 0 Å². The third kappa shape index (κ3) is 49.6. The first-order valence-electron chi connectivity index (χ1n) is 26.6. The number of hydrogen-bond donors (Lipinski definition) is 0. The molecule has 64 heavy (non-hydrogen) atoms. The molecule has 1 atom stereocenters. The summed E-state index contributed by atoms with van der Waals surface area (Å²) in [4.78, 5) is 38.0. The zero-order chi connectivity index (χ0) is 46.5. The van der Waals surface area contributed by atoms with E-state index < -0.39 is 6.10 Å². The van der Waals surface area contributed by atoms with Gasteiger partial charge in [-0.05, 0) is 109 Å². The van der Waals surface area contributed by atoms with Gasteiger partial charge in [0.15, 0.2) is 6.10 Å². The average molecular weight is 891 g/mol. The van der Waals surface area contributed by atoms with Crippen LogP contribution in [0.15, 0.2) is 85.1 Å². The zero-order valence-electron chi connectivity index (χ0n) is 41.8. The number of carbonyl (C=O) groups excluding carboxylic acids is 3. The molecule has 0 aromatic rings. The van der Waals surface area contributed by atoms with Gasteiger partial charge in [-0.15, -0.1) is 0 Å². The fraction of sp³-hybridized carbons (Fsp3) is 0.707. The van der Waals surface area contributed by atoms with Gasteiger partial charge in [0.1, 0.15) is 13.2 Å². The molecular formula is C58H98O6. The summed E-state index contributed by atoms with van der Waals surface area (Å²) in [6, 6.07) is 0. The molecule has 0 aliphatic heterocycles. The topological polar surface area (TPSA) is 78.9 Å². The van der Waals surface area contributed by atoms with E-state index in [-0.39, 0.29) is 31.1 Å². The number of carbonyl (C=O) groups is 3. The van der Waals surface area contributed by atoms with E-state index in [2.05, 4.69) is 106 Å². The number of unbranched alkanes of at least 4 members (excludes halogenated alkanes) is 22. The van der Waals surface area contributed by atoms with Gasteiger partial charge in [0, 0.05) is 19.3 Å². The lowest BCUT2D eigenvalue weighted by molar-refractivity contribution is -0.167. The quantitative estimate of drug-likeness (QED) is 0.0262. The molecule has 0 aliphatic rings. The maximum Gasteiger partial charge on any atom is 0.306 e. The van der Waals surface area contributed by atoms with E-state index >= 15 is 0 Å². The van der Waals surface area contributed by atoms with Crippen LogP contribution in [0.5, 0.6) is 0 Å². The smallest absolute Gasteiger partial charge is 0.306 e. The van der Waals surface area contributed by atoms with Gasteiger partial charge < -0.3 is 14.2 Å². The van der Waals surface area contributed by atoms with E-state index in [1.54, 1.807) is 0 Å². The van der Waals surface area contributed by atoms with E-state index in [9.17, 15) is 14.4 Å². The molecule has 6 nitrogen and oxygen atoms in total. The molecular weight excluding hydrogens is 793 g/mol. The molecule has 0 spiro atoms. The molecule has 0 N–H and O–H groups in total. The van der Waals surface area contributed by atoms with E-state index in [4.69, 9.17) is 14.2 Å². The molecule has 0 rings (SSSR count). The second-order valence-corrected chi connectivity index (χ2v) is 17.4. The molecule has 0 aromatic heterocycles. The van der Waals surface area contributed by atoms with Crippen LogP contribution >= 0.6 is 0 Å². The van der Waals surface area contributed by atoms with Gasteiger partial charge in [0.2, 0.25) is 0 Å². The highest BCUT2D eigenvalue weighted by molar-refractivity contribution is 5.71. The number of hydrogen-bond acceptors (Lipinski definition) is 6. The van der Waals surface area contributed by atoms with Gasteiger partial charge in [-0.1, -0.05) is 202 Å². The molecule has 0 amide bonds. The number of allylic oxidation sites excluding steroid dienone is 14. The van der Waals surface area contributed by atoms with E-state index in [1.807, 2.05) is 0 Å². The second kappa shape index (κ2) is 52.2. The molecule has 0 bridgehead atoms. The van der Waals surface area contributed by atoms with Gasteiger partial charge in [0.25, 0.3) is 0 Å². The van der Waals surface area contributed by atoms with Crippen LogP contribution in [0.2, 0.25) is 0 Å². The summed E-state index contributed by atoms with van der Waals surface area (Å²) in [6.07, 6.45) is 67.0. The van der Waals surface area contributed by atoms with Crippen molar-refractivity contribution in [3.05, 3.63) is 85.1 Å². The molecule has 0 radical (unpaired) electrons. The number of esters is 3. The Balaban J connectivity index is 4.43. The number of rotatable bonds is 47. The largest absolute Gasteiger partial charge is 0.462 e. The first kappa shape index (κ1) is 60.6. The van der Waals surface area contributed by atoms with Crippen molar-refractivity contribution >= 4 is 17.9 Å². The molecule has 6 heteroatoms. The maximum atomic E-state index is 12.8. The summed E-state index contributed by atoms with van der Waals surface area (Å²) in [5.74, 6) is -0.928. The average Bonchev–Trinajstić information content (AvgIpc) is 3.29. The monoisotopic (exact) mass is 891 g/mol. The maximum absolute atomic E-state index is 12.8. The molecule has 0 saturated carbocycles. The van der Waals surface area contributed by atoms with Crippen LogP contribution in [0.1, 0.15) is 245 Å². The summed E-state index contributed by atoms with van der Waals surface area (Å²) in [6.45, 7) is 6.44. The van der Waals surface area contributed by atoms with E-state index in [1.165, 1.54) is 77.0 Å². The molecule has 0 heterocycles. The Morgan fingerprint density at radius 2 is 0.625 bits per heavy atom. The van der Waals surface area contributed by atoms with Gasteiger partial charge >= 0.3 is 17.9 Å². The molecule has 1 unspecified atom stereocenters. The van der Waals surface area contributed by atoms with Crippen molar-refractivity contribution in [3.63, 3.8) is 0 Å². The van der Waals surface area contributed by atoms with Gasteiger partial charge in [-0.25, -0.2) is 0 Å². The standard InChI is InChI=1S/C58H98O6/c1-4-7-10-13-16-19-22-25-27-28-29-30-31-34-36-39-42-45-48-51-57(60)63-54-55(53-62-56(59)50-47-44-41-38-35-32-24-21-18-15-12-9-6-3)64-58(61)52-49-46-43-40-37-33-26-23-20-17-14-11-8-5-2/h7,10,14,16-17,19,21,23-27,29-30,55H,4-6,8-9,11-13,15,18,20,22,28,31-54H2,1-3H3/b10-7-,17-14-,19-16-,24-21-,26-23-,27-25-,30-29-. The molecule has 0 fully saturated rings. The normalized spacial score (nSPS) is 12.7. The van der Waals surface area contributed by atoms with Gasteiger partial charge in [0.05, 0.1) is 0 Å². The third-order valence-corrected chi connectivity index (χ3v) is 11.1. The van der Waals surface area contributed by atoms with Crippen molar-refractivity contribution in [2.45, 2.75) is 252 Å². The minimum atomic E-state index is -0.793. The fourth-order valence-electron chi connectivity index (χ4n) is 7.09. The third-order valence-electron chi connectivity index (χ3n) is 11.1.